The number of nitrogens with one attached hydrogen (secondary N) is 1. The summed E-state index contributed by atoms with van der Waals surface area (Å²) in [5.74, 6) is 0.299. The molecule has 102 valence electrons. The number of H-pyrrole nitrogens is 1. The first kappa shape index (κ1) is 14.4. The molecule has 3 nitrogen and oxygen atoms in total. The summed E-state index contributed by atoms with van der Waals surface area (Å²) in [7, 11) is 1.42. The molecule has 1 N–H and O–H groups in total. The molecule has 0 radical (unpaired) electrons. The van der Waals surface area contributed by atoms with E-state index in [-0.39, 0.29) is 20.8 Å². The molecule has 1 aromatic carbocycles. The smallest absolute Gasteiger partial charge is 0.281 e. The number of alkyl halides is 2. The van der Waals surface area contributed by atoms with E-state index >= 15 is 0 Å². The monoisotopic (exact) mass is 326 g/mol. The minimum absolute atomic E-state index is 0.156. The molecule has 0 amide bonds. The first-order valence-electron chi connectivity index (χ1n) is 5.01. The third-order valence-electron chi connectivity index (χ3n) is 2.43. The maximum Gasteiger partial charge on any atom is 0.281 e. The molecule has 0 spiro atoms. The topological polar surface area (TPSA) is 37.9 Å². The third kappa shape index (κ3) is 2.63. The van der Waals surface area contributed by atoms with Crippen molar-refractivity contribution in [2.45, 2.75) is 6.43 Å². The molecule has 0 fully saturated rings. The fourth-order valence-electron chi connectivity index (χ4n) is 1.57. The van der Waals surface area contributed by atoms with Crippen LogP contribution in [0.4, 0.5) is 8.78 Å². The number of aromatic nitrogens is 2. The van der Waals surface area contributed by atoms with Crippen molar-refractivity contribution in [3.05, 3.63) is 32.9 Å². The van der Waals surface area contributed by atoms with E-state index in [9.17, 15) is 8.78 Å². The number of aromatic amines is 1. The van der Waals surface area contributed by atoms with Gasteiger partial charge in [-0.05, 0) is 12.1 Å². The van der Waals surface area contributed by atoms with Gasteiger partial charge in [0, 0.05) is 5.56 Å². The Kier molecular flexibility index (Phi) is 4.18. The maximum atomic E-state index is 12.6. The van der Waals surface area contributed by atoms with E-state index < -0.39 is 12.1 Å². The Balaban J connectivity index is 2.54. The summed E-state index contributed by atoms with van der Waals surface area (Å²) >= 11 is 17.8. The average Bonchev–Trinajstić information content (AvgIpc) is 2.70. The van der Waals surface area contributed by atoms with E-state index in [0.29, 0.717) is 11.3 Å². The van der Waals surface area contributed by atoms with Gasteiger partial charge in [-0.1, -0.05) is 34.8 Å². The molecule has 0 aliphatic rings. The Morgan fingerprint density at radius 1 is 1.21 bits per heavy atom. The molecule has 1 heterocycles. The average molecular weight is 328 g/mol. The van der Waals surface area contributed by atoms with E-state index in [4.69, 9.17) is 39.5 Å². The summed E-state index contributed by atoms with van der Waals surface area (Å²) in [6.45, 7) is 0. The van der Waals surface area contributed by atoms with Crippen LogP contribution < -0.4 is 4.74 Å². The Labute approximate surface area is 122 Å². The van der Waals surface area contributed by atoms with Crippen LogP contribution in [0.1, 0.15) is 12.1 Å². The van der Waals surface area contributed by atoms with Crippen molar-refractivity contribution in [3.8, 4) is 17.0 Å². The van der Waals surface area contributed by atoms with Crippen molar-refractivity contribution in [2.24, 2.45) is 0 Å². The first-order valence-corrected chi connectivity index (χ1v) is 6.14. The van der Waals surface area contributed by atoms with Crippen molar-refractivity contribution in [2.75, 3.05) is 7.11 Å². The molecule has 0 aliphatic carbocycles. The molecule has 2 rings (SSSR count). The lowest BCUT2D eigenvalue weighted by atomic mass is 10.1. The second kappa shape index (κ2) is 5.53. The standard InChI is InChI=1S/C11H7Cl3F2N2O/c1-19-10-5(12)2-4(3-6(10)13)8-7(14)9(11(15)16)18-17-8/h2-3,11H,1H3,(H,17,18). The highest BCUT2D eigenvalue weighted by atomic mass is 35.5. The first-order chi connectivity index (χ1) is 8.95. The van der Waals surface area contributed by atoms with Gasteiger partial charge in [0.05, 0.1) is 22.2 Å². The summed E-state index contributed by atoms with van der Waals surface area (Å²) in [6.07, 6.45) is -2.74. The van der Waals surface area contributed by atoms with Gasteiger partial charge in [-0.25, -0.2) is 8.78 Å². The van der Waals surface area contributed by atoms with Crippen molar-refractivity contribution in [1.82, 2.24) is 10.2 Å². The molecule has 0 unspecified atom stereocenters. The van der Waals surface area contributed by atoms with Crippen LogP contribution in [0.2, 0.25) is 15.1 Å². The van der Waals surface area contributed by atoms with Gasteiger partial charge in [0.15, 0.2) is 5.75 Å². The van der Waals surface area contributed by atoms with Gasteiger partial charge >= 0.3 is 0 Å². The molecule has 0 saturated heterocycles. The van der Waals surface area contributed by atoms with Crippen molar-refractivity contribution in [1.29, 1.82) is 0 Å². The predicted octanol–water partition coefficient (Wildman–Crippen LogP) is 4.98. The maximum absolute atomic E-state index is 12.6. The molecule has 0 bridgehead atoms. The van der Waals surface area contributed by atoms with E-state index in [1.165, 1.54) is 19.2 Å². The lowest BCUT2D eigenvalue weighted by Gasteiger charge is -2.07. The fraction of sp³-hybridized carbons (Fsp3) is 0.182. The van der Waals surface area contributed by atoms with E-state index in [1.54, 1.807) is 0 Å². The number of nitrogens with zero attached hydrogens (tertiary/aromatic N) is 1. The van der Waals surface area contributed by atoms with Crippen molar-refractivity contribution in [3.63, 3.8) is 0 Å². The van der Waals surface area contributed by atoms with Gasteiger partial charge in [-0.15, -0.1) is 0 Å². The van der Waals surface area contributed by atoms with Crippen LogP contribution >= 0.6 is 34.8 Å². The van der Waals surface area contributed by atoms with Crippen molar-refractivity contribution >= 4 is 34.8 Å². The number of methoxy groups -OCH3 is 1. The summed E-state index contributed by atoms with van der Waals surface area (Å²) in [6, 6.07) is 2.98. The van der Waals surface area contributed by atoms with Crippen LogP contribution in [-0.4, -0.2) is 17.3 Å². The zero-order chi connectivity index (χ0) is 14.2. The SMILES string of the molecule is COc1c(Cl)cc(-c2n[nH]c(C(F)F)c2Cl)cc1Cl. The third-order valence-corrected chi connectivity index (χ3v) is 3.37. The number of hydrogen-bond acceptors (Lipinski definition) is 2. The molecule has 1 aromatic heterocycles. The minimum atomic E-state index is -2.74. The highest BCUT2D eigenvalue weighted by Gasteiger charge is 2.21. The quantitative estimate of drug-likeness (QED) is 0.863. The predicted molar refractivity (Wildman–Crippen MR) is 70.6 cm³/mol. The largest absolute Gasteiger partial charge is 0.494 e. The van der Waals surface area contributed by atoms with Crippen LogP contribution in [0.15, 0.2) is 12.1 Å². The molecule has 19 heavy (non-hydrogen) atoms. The zero-order valence-electron chi connectivity index (χ0n) is 9.48. The van der Waals surface area contributed by atoms with Gasteiger partial charge in [0.2, 0.25) is 0 Å². The molecule has 0 saturated carbocycles. The van der Waals surface area contributed by atoms with Crippen LogP contribution in [0.25, 0.3) is 11.3 Å². The highest BCUT2D eigenvalue weighted by molar-refractivity contribution is 6.38. The van der Waals surface area contributed by atoms with Gasteiger partial charge in [0.1, 0.15) is 11.4 Å². The number of halogens is 5. The number of ether oxygens (including phenoxy) is 1. The van der Waals surface area contributed by atoms with Crippen LogP contribution in [0, 0.1) is 0 Å². The Hall–Kier alpha value is -1.04. The summed E-state index contributed by atoms with van der Waals surface area (Å²) in [5.41, 5.74) is 0.132. The van der Waals surface area contributed by atoms with Crippen LogP contribution in [0.5, 0.6) is 5.75 Å². The highest BCUT2D eigenvalue weighted by Crippen LogP contribution is 2.40. The van der Waals surface area contributed by atoms with Gasteiger partial charge in [0.25, 0.3) is 6.43 Å². The Morgan fingerprint density at radius 3 is 2.21 bits per heavy atom. The number of benzene rings is 1. The van der Waals surface area contributed by atoms with E-state index in [0.717, 1.165) is 0 Å². The molecule has 0 aliphatic heterocycles. The summed E-state index contributed by atoms with van der Waals surface area (Å²) in [4.78, 5) is 0. The molecule has 8 heteroatoms. The number of rotatable bonds is 3. The Morgan fingerprint density at radius 2 is 1.79 bits per heavy atom. The van der Waals surface area contributed by atoms with Gasteiger partial charge < -0.3 is 4.74 Å². The second-order valence-electron chi connectivity index (χ2n) is 3.57. The molecule has 0 atom stereocenters. The fourth-order valence-corrected chi connectivity index (χ4v) is 2.49. The van der Waals surface area contributed by atoms with Crippen LogP contribution in [-0.2, 0) is 0 Å². The Bertz CT molecular complexity index is 593. The zero-order valence-corrected chi connectivity index (χ0v) is 11.7. The van der Waals surface area contributed by atoms with Gasteiger partial charge in [-0.2, -0.15) is 5.10 Å². The molecular formula is C11H7Cl3F2N2O. The van der Waals surface area contributed by atoms with Crippen LogP contribution in [0.3, 0.4) is 0 Å². The lowest BCUT2D eigenvalue weighted by molar-refractivity contribution is 0.146. The van der Waals surface area contributed by atoms with Gasteiger partial charge in [-0.3, -0.25) is 5.10 Å². The van der Waals surface area contributed by atoms with E-state index in [2.05, 4.69) is 10.2 Å². The minimum Gasteiger partial charge on any atom is -0.494 e. The molecule has 2 aromatic rings. The van der Waals surface area contributed by atoms with Crippen molar-refractivity contribution < 1.29 is 13.5 Å². The van der Waals surface area contributed by atoms with E-state index in [1.807, 2.05) is 0 Å². The summed E-state index contributed by atoms with van der Waals surface area (Å²) in [5, 5.41) is 6.26. The summed E-state index contributed by atoms with van der Waals surface area (Å²) < 4.78 is 30.2. The normalized spacial score (nSPS) is 11.1. The number of hydrogen-bond donors (Lipinski definition) is 1. The molecular weight excluding hydrogens is 320 g/mol. The lowest BCUT2D eigenvalue weighted by Crippen LogP contribution is -1.88. The second-order valence-corrected chi connectivity index (χ2v) is 4.77.